The molecule has 0 heterocycles. The minimum atomic E-state index is -0.127. The largest absolute Gasteiger partial charge is 0.298 e. The average molecular weight is 371 g/mol. The Hall–Kier alpha value is 1.32. The number of hydrogen-bond acceptors (Lipinski definition) is 6. The topological polar surface area (TPSA) is 34.1 Å². The first kappa shape index (κ1) is 24.3. The van der Waals surface area contributed by atoms with Crippen LogP contribution in [0.4, 0.5) is 0 Å². The maximum atomic E-state index is 10.6. The standard InChI is InChI=1S/C5H10OS2.C3H4Cl2O.C2H6S2/c1-7-3-5(6)4-8-2;4-1-3(6)2-5;1-3-4-2/h3-4H2,1-2H3;1-2H2;1-2H3. The van der Waals surface area contributed by atoms with Gasteiger partial charge in [-0.3, -0.25) is 9.59 Å². The van der Waals surface area contributed by atoms with Crippen LogP contribution in [0.15, 0.2) is 0 Å². The molecule has 0 amide bonds. The van der Waals surface area contributed by atoms with Gasteiger partial charge < -0.3 is 0 Å². The van der Waals surface area contributed by atoms with E-state index in [2.05, 4.69) is 12.5 Å². The SMILES string of the molecule is CSCC(=O)CSC.CSSC.O=C(CCl)CCl. The third kappa shape index (κ3) is 30.4. The second-order valence-corrected chi connectivity index (χ2v) is 7.48. The summed E-state index contributed by atoms with van der Waals surface area (Å²) in [6, 6.07) is 0. The molecule has 110 valence electrons. The summed E-state index contributed by atoms with van der Waals surface area (Å²) in [5.41, 5.74) is 0. The van der Waals surface area contributed by atoms with Crippen molar-refractivity contribution in [2.45, 2.75) is 0 Å². The average Bonchev–Trinajstić information content (AvgIpc) is 2.39. The van der Waals surface area contributed by atoms with E-state index in [1.165, 1.54) is 0 Å². The lowest BCUT2D eigenvalue weighted by atomic mass is 10.5. The molecule has 8 heteroatoms. The number of halogens is 2. The van der Waals surface area contributed by atoms with Crippen LogP contribution >= 0.6 is 68.3 Å². The Balaban J connectivity index is -0.000000200. The van der Waals surface area contributed by atoms with E-state index in [1.54, 1.807) is 45.1 Å². The van der Waals surface area contributed by atoms with E-state index in [4.69, 9.17) is 23.2 Å². The third-order valence-electron chi connectivity index (χ3n) is 1.08. The molecule has 0 aromatic carbocycles. The molecular formula is C10H20Cl2O2S4. The van der Waals surface area contributed by atoms with Gasteiger partial charge in [0.1, 0.15) is 0 Å². The van der Waals surface area contributed by atoms with Crippen molar-refractivity contribution in [1.29, 1.82) is 0 Å². The van der Waals surface area contributed by atoms with Crippen LogP contribution < -0.4 is 0 Å². The van der Waals surface area contributed by atoms with E-state index in [-0.39, 0.29) is 17.5 Å². The zero-order valence-corrected chi connectivity index (χ0v) is 15.8. The van der Waals surface area contributed by atoms with Crippen LogP contribution in [-0.4, -0.2) is 59.9 Å². The summed E-state index contributed by atoms with van der Waals surface area (Å²) < 4.78 is 0. The minimum Gasteiger partial charge on any atom is -0.298 e. The highest BCUT2D eigenvalue weighted by Gasteiger charge is 1.95. The van der Waals surface area contributed by atoms with Crippen molar-refractivity contribution in [3.63, 3.8) is 0 Å². The van der Waals surface area contributed by atoms with Gasteiger partial charge in [-0.2, -0.15) is 23.5 Å². The fourth-order valence-electron chi connectivity index (χ4n) is 0.399. The molecule has 0 atom stereocenters. The first-order valence-corrected chi connectivity index (χ1v) is 11.6. The maximum Gasteiger partial charge on any atom is 0.162 e. The Morgan fingerprint density at radius 2 is 1.11 bits per heavy atom. The number of rotatable bonds is 7. The number of alkyl halides is 2. The van der Waals surface area contributed by atoms with Crippen molar-refractivity contribution >= 4 is 79.9 Å². The van der Waals surface area contributed by atoms with E-state index >= 15 is 0 Å². The minimum absolute atomic E-state index is 0.0312. The quantitative estimate of drug-likeness (QED) is 0.498. The van der Waals surface area contributed by atoms with E-state index < -0.39 is 0 Å². The number of carbonyl (C=O) groups is 2. The molecule has 0 rings (SSSR count). The lowest BCUT2D eigenvalue weighted by Gasteiger charge is -1.91. The van der Waals surface area contributed by atoms with E-state index in [1.807, 2.05) is 12.5 Å². The molecule has 0 aromatic heterocycles. The fraction of sp³-hybridized carbons (Fsp3) is 0.800. The van der Waals surface area contributed by atoms with Crippen LogP contribution in [0.3, 0.4) is 0 Å². The van der Waals surface area contributed by atoms with Crippen LogP contribution in [0.2, 0.25) is 0 Å². The molecule has 0 aromatic rings. The molecule has 0 aliphatic rings. The number of thioether (sulfide) groups is 2. The third-order valence-corrected chi connectivity index (χ3v) is 4.23. The van der Waals surface area contributed by atoms with Crippen LogP contribution in [0.25, 0.3) is 0 Å². The van der Waals surface area contributed by atoms with Crippen LogP contribution in [0.5, 0.6) is 0 Å². The summed E-state index contributed by atoms with van der Waals surface area (Å²) in [6.07, 6.45) is 8.01. The van der Waals surface area contributed by atoms with E-state index in [9.17, 15) is 9.59 Å². The summed E-state index contributed by atoms with van der Waals surface area (Å²) >= 11 is 13.2. The Morgan fingerprint density at radius 3 is 1.22 bits per heavy atom. The van der Waals surface area contributed by atoms with Gasteiger partial charge in [-0.15, -0.1) is 23.2 Å². The molecule has 0 fully saturated rings. The van der Waals surface area contributed by atoms with Gasteiger partial charge in [-0.05, 0) is 25.0 Å². The fourth-order valence-corrected chi connectivity index (χ4v) is 1.66. The molecule has 0 aliphatic carbocycles. The number of ketones is 2. The molecule has 0 bridgehead atoms. The van der Waals surface area contributed by atoms with Gasteiger partial charge in [0.2, 0.25) is 0 Å². The van der Waals surface area contributed by atoms with E-state index in [0.717, 1.165) is 0 Å². The summed E-state index contributed by atoms with van der Waals surface area (Å²) in [4.78, 5) is 20.5. The summed E-state index contributed by atoms with van der Waals surface area (Å²) in [7, 11) is 3.55. The van der Waals surface area contributed by atoms with Gasteiger partial charge in [0.15, 0.2) is 11.6 Å². The van der Waals surface area contributed by atoms with Crippen molar-refractivity contribution in [2.75, 3.05) is 48.3 Å². The number of Topliss-reactive ketones (excluding diaryl/α,β-unsaturated/α-hetero) is 2. The Kier molecular flexibility index (Phi) is 31.7. The van der Waals surface area contributed by atoms with Gasteiger partial charge in [0.25, 0.3) is 0 Å². The highest BCUT2D eigenvalue weighted by atomic mass is 35.5. The van der Waals surface area contributed by atoms with Gasteiger partial charge in [-0.25, -0.2) is 0 Å². The van der Waals surface area contributed by atoms with Crippen LogP contribution in [0, 0.1) is 0 Å². The molecule has 18 heavy (non-hydrogen) atoms. The molecule has 0 N–H and O–H groups in total. The maximum absolute atomic E-state index is 10.6. The highest BCUT2D eigenvalue weighted by Crippen LogP contribution is 2.09. The molecular weight excluding hydrogens is 351 g/mol. The van der Waals surface area contributed by atoms with E-state index in [0.29, 0.717) is 17.3 Å². The summed E-state index contributed by atoms with van der Waals surface area (Å²) in [5.74, 6) is 1.61. The van der Waals surface area contributed by atoms with Crippen LogP contribution in [-0.2, 0) is 9.59 Å². The second kappa shape index (κ2) is 23.4. The second-order valence-electron chi connectivity index (χ2n) is 2.54. The zero-order chi connectivity index (χ0) is 14.8. The predicted molar refractivity (Wildman–Crippen MR) is 95.2 cm³/mol. The number of hydrogen-bond donors (Lipinski definition) is 0. The van der Waals surface area contributed by atoms with Crippen molar-refractivity contribution < 1.29 is 9.59 Å². The lowest BCUT2D eigenvalue weighted by molar-refractivity contribution is -0.115. The molecule has 2 nitrogen and oxygen atoms in total. The van der Waals surface area contributed by atoms with Crippen LogP contribution in [0.1, 0.15) is 0 Å². The van der Waals surface area contributed by atoms with Gasteiger partial charge in [0, 0.05) is 0 Å². The van der Waals surface area contributed by atoms with Crippen molar-refractivity contribution in [3.05, 3.63) is 0 Å². The first-order chi connectivity index (χ1) is 8.53. The monoisotopic (exact) mass is 370 g/mol. The smallest absolute Gasteiger partial charge is 0.162 e. The van der Waals surface area contributed by atoms with Gasteiger partial charge in [-0.1, -0.05) is 21.6 Å². The van der Waals surface area contributed by atoms with Crippen molar-refractivity contribution in [1.82, 2.24) is 0 Å². The van der Waals surface area contributed by atoms with Crippen molar-refractivity contribution in [3.8, 4) is 0 Å². The normalized spacial score (nSPS) is 8.56. The Labute approximate surface area is 137 Å². The molecule has 0 aliphatic heterocycles. The molecule has 0 saturated heterocycles. The predicted octanol–water partition coefficient (Wildman–Crippen LogP) is 3.94. The molecule has 0 radical (unpaired) electrons. The molecule has 0 unspecified atom stereocenters. The van der Waals surface area contributed by atoms with Gasteiger partial charge >= 0.3 is 0 Å². The lowest BCUT2D eigenvalue weighted by Crippen LogP contribution is -2.02. The van der Waals surface area contributed by atoms with Gasteiger partial charge in [0.05, 0.1) is 23.3 Å². The zero-order valence-electron chi connectivity index (χ0n) is 11.0. The summed E-state index contributed by atoms with van der Waals surface area (Å²) in [6.45, 7) is 0. The molecule has 0 saturated carbocycles. The highest BCUT2D eigenvalue weighted by molar-refractivity contribution is 8.76. The Bertz CT molecular complexity index is 179. The number of carbonyl (C=O) groups excluding carboxylic acids is 2. The Morgan fingerprint density at radius 1 is 0.778 bits per heavy atom. The summed E-state index contributed by atoms with van der Waals surface area (Å²) in [5, 5.41) is 0. The van der Waals surface area contributed by atoms with Crippen molar-refractivity contribution in [2.24, 2.45) is 0 Å². The first-order valence-electron chi connectivity index (χ1n) is 4.73. The molecule has 0 spiro atoms.